The third kappa shape index (κ3) is 14.6. The number of aliphatic hydroxyl groups excluding tert-OH is 3. The molecule has 0 aliphatic carbocycles. The maximum Gasteiger partial charge on any atom is 0.248 e. The van der Waals surface area contributed by atoms with E-state index >= 15 is 0 Å². The molecule has 0 saturated carbocycles. The first-order valence-corrected chi connectivity index (χ1v) is 13.2. The number of aromatic amines is 2. The molecule has 15 heteroatoms. The van der Waals surface area contributed by atoms with Crippen molar-refractivity contribution in [3.63, 3.8) is 0 Å². The van der Waals surface area contributed by atoms with Crippen molar-refractivity contribution in [2.24, 2.45) is 0 Å². The molecule has 0 spiro atoms. The normalized spacial score (nSPS) is 11.7. The van der Waals surface area contributed by atoms with Crippen LogP contribution < -0.4 is 20.6 Å². The van der Waals surface area contributed by atoms with Crippen molar-refractivity contribution in [2.75, 3.05) is 39.6 Å². The number of fused-ring (bicyclic) bond motifs is 2. The molecule has 0 amide bonds. The molecule has 2 aromatic carbocycles. The van der Waals surface area contributed by atoms with Crippen LogP contribution in [0.15, 0.2) is 70.3 Å². The average molecular weight is 1150 g/mol. The molecule has 2 unspecified atom stereocenters. The van der Waals surface area contributed by atoms with Crippen molar-refractivity contribution in [3.05, 3.63) is 110 Å². The van der Waals surface area contributed by atoms with Crippen molar-refractivity contribution < 1.29 is 43.7 Å². The molecule has 0 aliphatic rings. The van der Waals surface area contributed by atoms with Gasteiger partial charge in [0.25, 0.3) is 0 Å². The van der Waals surface area contributed by atoms with Crippen LogP contribution >= 0.6 is 0 Å². The Morgan fingerprint density at radius 1 is 0.522 bits per heavy atom. The van der Waals surface area contributed by atoms with Crippen LogP contribution in [0.2, 0.25) is 0 Å². The van der Waals surface area contributed by atoms with Gasteiger partial charge in [0.05, 0.1) is 17.1 Å². The zero-order valence-corrected chi connectivity index (χ0v) is 38.4. The minimum atomic E-state index is -0.729. The standard InChI is InChI=1S/2C13H14NO4.C5H10O3.2Rf/c2*1-17-7-10(15)8-18-11-4-2-9-3-5-13(16)14-12(9)6-11;1-7-3-5(6)4-8-2;;/h2*2-6,10,15H,1,7-8H2,(H,14,16);5-6H,1-4H2;;/q2*-1;-2;;. The number of pyridine rings is 2. The summed E-state index contributed by atoms with van der Waals surface area (Å²) in [4.78, 5) is 27.8. The smallest absolute Gasteiger partial charge is 0.248 e. The first-order chi connectivity index (χ1) is 21.2. The Morgan fingerprint density at radius 3 is 1.15 bits per heavy atom. The van der Waals surface area contributed by atoms with E-state index in [4.69, 9.17) is 14.6 Å². The van der Waals surface area contributed by atoms with Gasteiger partial charge in [0.15, 0.2) is 0 Å². The van der Waals surface area contributed by atoms with E-state index in [-0.39, 0.29) is 50.8 Å². The molecule has 46 heavy (non-hydrogen) atoms. The summed E-state index contributed by atoms with van der Waals surface area (Å²) in [5.74, 6) is 1.15. The summed E-state index contributed by atoms with van der Waals surface area (Å²) in [6.45, 7) is 0.829. The van der Waals surface area contributed by atoms with Crippen LogP contribution in [-0.2, 0) is 18.9 Å². The molecule has 0 fully saturated rings. The van der Waals surface area contributed by atoms with Crippen molar-refractivity contribution in [3.8, 4) is 11.5 Å². The number of aromatic nitrogens is 2. The number of ether oxygens (including phenoxy) is 6. The Balaban J connectivity index is 0.000000694. The van der Waals surface area contributed by atoms with Gasteiger partial charge >= 0.3 is 0 Å². The topological polar surface area (TPSA) is 182 Å². The van der Waals surface area contributed by atoms with Gasteiger partial charge in [-0.15, -0.1) is 0 Å². The third-order valence-electron chi connectivity index (χ3n) is 5.52. The van der Waals surface area contributed by atoms with Crippen LogP contribution in [0.5, 0.6) is 11.5 Å². The van der Waals surface area contributed by atoms with Gasteiger partial charge in [0.2, 0.25) is 11.1 Å². The van der Waals surface area contributed by atoms with Gasteiger partial charge < -0.3 is 53.7 Å². The monoisotopic (exact) mass is 1150 g/mol. The number of H-pyrrole nitrogens is 2. The molecule has 2 heterocycles. The first-order valence-electron chi connectivity index (χ1n) is 13.2. The second-order valence-corrected chi connectivity index (χ2v) is 9.21. The zero-order chi connectivity index (χ0) is 32.3. The SMILES string of the molecule is [CH2-]OCC(O)CO[CH2-].[CH2-]OCC(O)COc1ccc2ccc(=O)[nH]c2c1.[CH2-]OCC(O)COc1ccc2ccc(=O)[nH]c2c1.[Rf].[Rf]. The van der Waals surface area contributed by atoms with Crippen LogP contribution in [0.25, 0.3) is 21.8 Å². The third-order valence-corrected chi connectivity index (χ3v) is 5.52. The molecular weight excluding hydrogens is 1110 g/mol. The molecule has 0 saturated heterocycles. The van der Waals surface area contributed by atoms with Crippen LogP contribution in [0.3, 0.4) is 0 Å². The number of hydrogen-bond acceptors (Lipinski definition) is 11. The Bertz CT molecular complexity index is 1390. The fraction of sp³-hybridized carbons (Fsp3) is 0.290. The number of benzene rings is 2. The number of aliphatic hydroxyl groups is 3. The van der Waals surface area contributed by atoms with Crippen molar-refractivity contribution in [2.45, 2.75) is 18.3 Å². The predicted molar refractivity (Wildman–Crippen MR) is 163 cm³/mol. The number of hydrogen-bond donors (Lipinski definition) is 5. The van der Waals surface area contributed by atoms with E-state index < -0.39 is 18.3 Å². The second-order valence-electron chi connectivity index (χ2n) is 9.21. The molecule has 5 N–H and O–H groups in total. The molecular formula is C31H38N2O11Rf2-4. The average Bonchev–Trinajstić information content (AvgIpc) is 3.00. The molecule has 2 atom stereocenters. The molecule has 0 aliphatic heterocycles. The molecule has 0 bridgehead atoms. The van der Waals surface area contributed by atoms with Gasteiger partial charge in [-0.1, -0.05) is 0 Å². The fourth-order valence-electron chi connectivity index (χ4n) is 3.51. The van der Waals surface area contributed by atoms with Crippen LogP contribution in [0.4, 0.5) is 0 Å². The summed E-state index contributed by atoms with van der Waals surface area (Å²) < 4.78 is 28.6. The van der Waals surface area contributed by atoms with Gasteiger partial charge in [-0.25, -0.2) is 28.4 Å². The van der Waals surface area contributed by atoms with Crippen LogP contribution in [-0.4, -0.2) is 83.2 Å². The second kappa shape index (κ2) is 21.8. The molecule has 4 aromatic rings. The molecule has 13 nitrogen and oxygen atoms in total. The Morgan fingerprint density at radius 2 is 0.826 bits per heavy atom. The summed E-state index contributed by atoms with van der Waals surface area (Å²) in [5, 5.41) is 29.4. The Hall–Kier alpha value is -5.82. The summed E-state index contributed by atoms with van der Waals surface area (Å²) in [6.07, 6.45) is -2.06. The van der Waals surface area contributed by atoms with E-state index in [0.29, 0.717) is 22.5 Å². The quantitative estimate of drug-likeness (QED) is 0.117. The van der Waals surface area contributed by atoms with Gasteiger partial charge in [0.1, 0.15) is 36.9 Å². The molecule has 246 valence electrons. The number of nitrogens with one attached hydrogen (secondary N) is 2. The zero-order valence-electron chi connectivity index (χ0n) is 25.6. The van der Waals surface area contributed by atoms with Crippen molar-refractivity contribution >= 4 is 21.8 Å². The number of rotatable bonds is 14. The van der Waals surface area contributed by atoms with Crippen molar-refractivity contribution in [1.29, 1.82) is 0 Å². The van der Waals surface area contributed by atoms with Gasteiger partial charge in [0, 0.05) is 50.7 Å². The largest absolute Gasteiger partial charge is 0.553 e. The fourth-order valence-corrected chi connectivity index (χ4v) is 3.51. The van der Waals surface area contributed by atoms with Gasteiger partial charge in [-0.05, 0) is 47.2 Å². The van der Waals surface area contributed by atoms with Crippen molar-refractivity contribution in [1.82, 2.24) is 9.97 Å². The van der Waals surface area contributed by atoms with E-state index in [9.17, 15) is 19.8 Å². The molecule has 2 aromatic heterocycles. The van der Waals surface area contributed by atoms with E-state index in [1.54, 1.807) is 36.4 Å². The molecule has 4 rings (SSSR count). The van der Waals surface area contributed by atoms with Crippen LogP contribution in [0, 0.1) is 28.4 Å². The van der Waals surface area contributed by atoms with E-state index in [0.717, 1.165) is 10.8 Å². The van der Waals surface area contributed by atoms with Crippen LogP contribution in [0.1, 0.15) is 0 Å². The summed E-state index contributed by atoms with van der Waals surface area (Å²) >= 11 is 0. The van der Waals surface area contributed by atoms with E-state index in [1.807, 2.05) is 12.1 Å². The minimum Gasteiger partial charge on any atom is -0.553 e. The summed E-state index contributed by atoms with van der Waals surface area (Å²) in [6, 6.07) is 17.1. The minimum absolute atomic E-state index is 0. The molecule has 0 radical (unpaired) electrons. The summed E-state index contributed by atoms with van der Waals surface area (Å²) in [5.41, 5.74) is 1.07. The predicted octanol–water partition coefficient (Wildman–Crippen LogP) is 2.12. The van der Waals surface area contributed by atoms with Gasteiger partial charge in [-0.2, -0.15) is 0 Å². The summed E-state index contributed by atoms with van der Waals surface area (Å²) in [7, 11) is 12.5. The van der Waals surface area contributed by atoms with Gasteiger partial charge in [-0.3, -0.25) is 9.59 Å². The maximum atomic E-state index is 11.2. The van der Waals surface area contributed by atoms with E-state index in [1.165, 1.54) is 12.1 Å². The Kier molecular flexibility index (Phi) is 19.0. The first kappa shape index (κ1) is 40.2. The Labute approximate surface area is 254 Å². The van der Waals surface area contributed by atoms with E-state index in [2.05, 4.69) is 57.4 Å². The maximum absolute atomic E-state index is 11.2.